The maximum atomic E-state index is 9.09. The van der Waals surface area contributed by atoms with Gasteiger partial charge in [-0.15, -0.1) is 6.58 Å². The largest absolute Gasteiger partial charge is 0.388 e. The van der Waals surface area contributed by atoms with Gasteiger partial charge in [-0.05, 0) is 6.92 Å². The molecule has 0 amide bonds. The highest BCUT2D eigenvalue weighted by Gasteiger charge is 2.04. The Morgan fingerprint density at radius 2 is 2.11 bits per heavy atom. The van der Waals surface area contributed by atoms with Crippen LogP contribution in [0.1, 0.15) is 13.8 Å². The van der Waals surface area contributed by atoms with E-state index in [1.165, 1.54) is 0 Å². The fourth-order valence-corrected chi connectivity index (χ4v) is 0.632. The van der Waals surface area contributed by atoms with Crippen LogP contribution in [0.3, 0.4) is 0 Å². The number of hydrogen-bond donors (Lipinski definition) is 1. The molecule has 0 aliphatic rings. The lowest BCUT2D eigenvalue weighted by Crippen LogP contribution is -2.11. The first kappa shape index (κ1) is 8.44. The predicted octanol–water partition coefficient (Wildman–Crippen LogP) is 1.75. The lowest BCUT2D eigenvalue weighted by molar-refractivity contribution is 0.185. The van der Waals surface area contributed by atoms with E-state index < -0.39 is 6.10 Å². The Hall–Kier alpha value is -0.560. The minimum atomic E-state index is -0.402. The minimum absolute atomic E-state index is 0.187. The molecular weight excluding hydrogens is 112 g/mol. The van der Waals surface area contributed by atoms with Crippen molar-refractivity contribution in [3.8, 4) is 0 Å². The second kappa shape index (κ2) is 4.33. The van der Waals surface area contributed by atoms with E-state index in [9.17, 15) is 0 Å². The fraction of sp³-hybridized carbons (Fsp3) is 0.500. The standard InChI is InChI=1S/C8H14O/c1-4-6-7(3)8(9)5-2/h4-9H,2H2,1,3H3/b6-4+. The van der Waals surface area contributed by atoms with Crippen LogP contribution in [0.25, 0.3) is 0 Å². The molecule has 0 saturated carbocycles. The molecule has 0 saturated heterocycles. The van der Waals surface area contributed by atoms with E-state index in [0.717, 1.165) is 0 Å². The molecule has 1 heteroatoms. The third-order valence-electron chi connectivity index (χ3n) is 1.28. The first-order chi connectivity index (χ1) is 4.22. The van der Waals surface area contributed by atoms with Gasteiger partial charge in [0.15, 0.2) is 0 Å². The molecule has 0 aromatic rings. The summed E-state index contributed by atoms with van der Waals surface area (Å²) in [7, 11) is 0. The lowest BCUT2D eigenvalue weighted by Gasteiger charge is -2.08. The first-order valence-electron chi connectivity index (χ1n) is 3.15. The second-order valence-corrected chi connectivity index (χ2v) is 2.11. The summed E-state index contributed by atoms with van der Waals surface area (Å²) in [5, 5.41) is 9.09. The van der Waals surface area contributed by atoms with Gasteiger partial charge in [-0.2, -0.15) is 0 Å². The van der Waals surface area contributed by atoms with Crippen molar-refractivity contribution in [1.82, 2.24) is 0 Å². The molecule has 0 aromatic heterocycles. The third-order valence-corrected chi connectivity index (χ3v) is 1.28. The summed E-state index contributed by atoms with van der Waals surface area (Å²) in [6, 6.07) is 0. The predicted molar refractivity (Wildman–Crippen MR) is 40.2 cm³/mol. The summed E-state index contributed by atoms with van der Waals surface area (Å²) in [4.78, 5) is 0. The van der Waals surface area contributed by atoms with Crippen molar-refractivity contribution in [2.45, 2.75) is 20.0 Å². The molecule has 52 valence electrons. The highest BCUT2D eigenvalue weighted by Crippen LogP contribution is 2.04. The molecule has 0 aliphatic heterocycles. The van der Waals surface area contributed by atoms with Crippen LogP contribution in [-0.2, 0) is 0 Å². The summed E-state index contributed by atoms with van der Waals surface area (Å²) in [5.74, 6) is 0.187. The molecule has 2 atom stereocenters. The summed E-state index contributed by atoms with van der Waals surface area (Å²) >= 11 is 0. The zero-order chi connectivity index (χ0) is 7.28. The SMILES string of the molecule is C=CC(O)C(C)/C=C/C. The summed E-state index contributed by atoms with van der Waals surface area (Å²) in [6.45, 7) is 7.37. The van der Waals surface area contributed by atoms with Crippen molar-refractivity contribution < 1.29 is 5.11 Å². The summed E-state index contributed by atoms with van der Waals surface area (Å²) in [5.41, 5.74) is 0. The smallest absolute Gasteiger partial charge is 0.0778 e. The van der Waals surface area contributed by atoms with Crippen LogP contribution in [0, 0.1) is 5.92 Å². The van der Waals surface area contributed by atoms with Crippen LogP contribution in [-0.4, -0.2) is 11.2 Å². The van der Waals surface area contributed by atoms with E-state index in [2.05, 4.69) is 6.58 Å². The minimum Gasteiger partial charge on any atom is -0.388 e. The summed E-state index contributed by atoms with van der Waals surface area (Å²) in [6.07, 6.45) is 5.02. The zero-order valence-corrected chi connectivity index (χ0v) is 6.04. The molecule has 2 unspecified atom stereocenters. The van der Waals surface area contributed by atoms with Crippen molar-refractivity contribution in [2.24, 2.45) is 5.92 Å². The Bertz CT molecular complexity index is 105. The average Bonchev–Trinajstić information content (AvgIpc) is 1.87. The Balaban J connectivity index is 3.71. The Morgan fingerprint density at radius 3 is 2.44 bits per heavy atom. The molecule has 0 aromatic carbocycles. The molecule has 1 N–H and O–H groups in total. The molecular formula is C8H14O. The Kier molecular flexibility index (Phi) is 4.06. The Morgan fingerprint density at radius 1 is 1.56 bits per heavy atom. The van der Waals surface area contributed by atoms with E-state index in [-0.39, 0.29) is 5.92 Å². The second-order valence-electron chi connectivity index (χ2n) is 2.11. The van der Waals surface area contributed by atoms with E-state index in [4.69, 9.17) is 5.11 Å². The van der Waals surface area contributed by atoms with Gasteiger partial charge in [0.25, 0.3) is 0 Å². The van der Waals surface area contributed by atoms with Gasteiger partial charge in [-0.25, -0.2) is 0 Å². The van der Waals surface area contributed by atoms with Gasteiger partial charge in [-0.3, -0.25) is 0 Å². The van der Waals surface area contributed by atoms with Crippen LogP contribution in [0.5, 0.6) is 0 Å². The average molecular weight is 126 g/mol. The molecule has 0 fully saturated rings. The van der Waals surface area contributed by atoms with Crippen LogP contribution in [0.4, 0.5) is 0 Å². The van der Waals surface area contributed by atoms with Gasteiger partial charge in [0.1, 0.15) is 0 Å². The van der Waals surface area contributed by atoms with Gasteiger partial charge in [0.2, 0.25) is 0 Å². The van der Waals surface area contributed by atoms with Crippen molar-refractivity contribution in [2.75, 3.05) is 0 Å². The monoisotopic (exact) mass is 126 g/mol. The van der Waals surface area contributed by atoms with E-state index >= 15 is 0 Å². The van der Waals surface area contributed by atoms with Crippen LogP contribution < -0.4 is 0 Å². The van der Waals surface area contributed by atoms with Crippen molar-refractivity contribution in [3.63, 3.8) is 0 Å². The maximum Gasteiger partial charge on any atom is 0.0778 e. The summed E-state index contributed by atoms with van der Waals surface area (Å²) < 4.78 is 0. The number of hydrogen-bond acceptors (Lipinski definition) is 1. The van der Waals surface area contributed by atoms with E-state index in [1.54, 1.807) is 6.08 Å². The number of allylic oxidation sites excluding steroid dienone is 1. The fourth-order valence-electron chi connectivity index (χ4n) is 0.632. The lowest BCUT2D eigenvalue weighted by atomic mass is 10.1. The normalized spacial score (nSPS) is 17.7. The van der Waals surface area contributed by atoms with Crippen molar-refractivity contribution in [3.05, 3.63) is 24.8 Å². The van der Waals surface area contributed by atoms with Crippen molar-refractivity contribution in [1.29, 1.82) is 0 Å². The Labute approximate surface area is 56.7 Å². The van der Waals surface area contributed by atoms with Gasteiger partial charge < -0.3 is 5.11 Å². The molecule has 1 nitrogen and oxygen atoms in total. The van der Waals surface area contributed by atoms with Gasteiger partial charge in [-0.1, -0.05) is 25.2 Å². The quantitative estimate of drug-likeness (QED) is 0.571. The van der Waals surface area contributed by atoms with Gasteiger partial charge in [0.05, 0.1) is 6.10 Å². The van der Waals surface area contributed by atoms with E-state index in [0.29, 0.717) is 0 Å². The highest BCUT2D eigenvalue weighted by atomic mass is 16.3. The van der Waals surface area contributed by atoms with Gasteiger partial charge >= 0.3 is 0 Å². The first-order valence-corrected chi connectivity index (χ1v) is 3.15. The molecule has 9 heavy (non-hydrogen) atoms. The number of aliphatic hydroxyl groups excluding tert-OH is 1. The van der Waals surface area contributed by atoms with Crippen molar-refractivity contribution >= 4 is 0 Å². The van der Waals surface area contributed by atoms with Crippen LogP contribution in [0.15, 0.2) is 24.8 Å². The number of aliphatic hydroxyl groups is 1. The third kappa shape index (κ3) is 3.09. The highest BCUT2D eigenvalue weighted by molar-refractivity contribution is 4.93. The molecule has 0 radical (unpaired) electrons. The maximum absolute atomic E-state index is 9.09. The topological polar surface area (TPSA) is 20.2 Å². The molecule has 0 spiro atoms. The van der Waals surface area contributed by atoms with E-state index in [1.807, 2.05) is 26.0 Å². The van der Waals surface area contributed by atoms with Gasteiger partial charge in [0, 0.05) is 5.92 Å². The molecule has 0 bridgehead atoms. The number of rotatable bonds is 3. The zero-order valence-electron chi connectivity index (χ0n) is 6.04. The molecule has 0 rings (SSSR count). The van der Waals surface area contributed by atoms with Crippen LogP contribution in [0.2, 0.25) is 0 Å². The molecule has 0 aliphatic carbocycles. The van der Waals surface area contributed by atoms with Crippen LogP contribution >= 0.6 is 0 Å². The molecule has 0 heterocycles.